The molecule has 0 aliphatic carbocycles. The van der Waals surface area contributed by atoms with Gasteiger partial charge in [-0.05, 0) is 23.6 Å². The fraction of sp³-hybridized carbons (Fsp3) is 0.235. The summed E-state index contributed by atoms with van der Waals surface area (Å²) < 4.78 is 0. The molecule has 1 aliphatic heterocycles. The van der Waals surface area contributed by atoms with Gasteiger partial charge >= 0.3 is 0 Å². The number of carbonyl (C=O) groups excluding carboxylic acids is 1. The molecule has 3 rings (SSSR count). The summed E-state index contributed by atoms with van der Waals surface area (Å²) in [6, 6.07) is 11.8. The van der Waals surface area contributed by atoms with E-state index in [1.165, 1.54) is 0 Å². The molecule has 1 fully saturated rings. The summed E-state index contributed by atoms with van der Waals surface area (Å²) in [5.74, 6) is 0.789. The zero-order chi connectivity index (χ0) is 15.9. The number of thioether (sulfide) groups is 1. The standard InChI is InChI=1S/C17H18N4OS/c22-16(7-14-23-15-5-2-1-3-6-15)20-10-12-21(13-11-20)17-18-8-4-9-19-17/h1-9,14H,10-13H2. The Kier molecular flexibility index (Phi) is 5.26. The Morgan fingerprint density at radius 1 is 1.00 bits per heavy atom. The molecule has 118 valence electrons. The normalized spacial score (nSPS) is 15.1. The van der Waals surface area contributed by atoms with Crippen LogP contribution in [0.3, 0.4) is 0 Å². The molecule has 23 heavy (non-hydrogen) atoms. The average Bonchev–Trinajstić information content (AvgIpc) is 2.63. The topological polar surface area (TPSA) is 49.3 Å². The molecule has 0 unspecified atom stereocenters. The van der Waals surface area contributed by atoms with Crippen molar-refractivity contribution in [3.05, 3.63) is 60.3 Å². The maximum atomic E-state index is 12.2. The molecule has 1 aromatic heterocycles. The molecule has 5 nitrogen and oxygen atoms in total. The molecule has 6 heteroatoms. The predicted octanol–water partition coefficient (Wildman–Crippen LogP) is 2.43. The van der Waals surface area contributed by atoms with Gasteiger partial charge in [0.25, 0.3) is 0 Å². The number of nitrogens with zero attached hydrogens (tertiary/aromatic N) is 4. The van der Waals surface area contributed by atoms with E-state index in [1.807, 2.05) is 40.6 Å². The van der Waals surface area contributed by atoms with Crippen LogP contribution in [0.4, 0.5) is 5.95 Å². The van der Waals surface area contributed by atoms with Gasteiger partial charge in [0.1, 0.15) is 0 Å². The second-order valence-corrected chi connectivity index (χ2v) is 6.07. The molecule has 1 aliphatic rings. The number of amides is 1. The second kappa shape index (κ2) is 7.78. The van der Waals surface area contributed by atoms with E-state index in [9.17, 15) is 4.79 Å². The number of hydrogen-bond acceptors (Lipinski definition) is 5. The Bertz CT molecular complexity index is 655. The van der Waals surface area contributed by atoms with Crippen LogP contribution in [-0.4, -0.2) is 47.0 Å². The first-order valence-electron chi connectivity index (χ1n) is 7.52. The van der Waals surface area contributed by atoms with Crippen molar-refractivity contribution in [2.24, 2.45) is 0 Å². The summed E-state index contributed by atoms with van der Waals surface area (Å²) in [5, 5.41) is 1.85. The number of benzene rings is 1. The highest BCUT2D eigenvalue weighted by Crippen LogP contribution is 2.18. The second-order valence-electron chi connectivity index (χ2n) is 5.09. The van der Waals surface area contributed by atoms with Crippen LogP contribution in [0.2, 0.25) is 0 Å². The van der Waals surface area contributed by atoms with Crippen molar-refractivity contribution in [3.8, 4) is 0 Å². The Morgan fingerprint density at radius 2 is 1.70 bits per heavy atom. The Balaban J connectivity index is 1.48. The Hall–Kier alpha value is -2.34. The minimum Gasteiger partial charge on any atom is -0.337 e. The van der Waals surface area contributed by atoms with E-state index in [2.05, 4.69) is 14.9 Å². The van der Waals surface area contributed by atoms with E-state index in [-0.39, 0.29) is 5.91 Å². The lowest BCUT2D eigenvalue weighted by atomic mass is 10.3. The summed E-state index contributed by atoms with van der Waals surface area (Å²) >= 11 is 1.55. The lowest BCUT2D eigenvalue weighted by molar-refractivity contribution is -0.126. The highest BCUT2D eigenvalue weighted by Gasteiger charge is 2.20. The Morgan fingerprint density at radius 3 is 2.39 bits per heavy atom. The van der Waals surface area contributed by atoms with Gasteiger partial charge in [0.05, 0.1) is 0 Å². The van der Waals surface area contributed by atoms with Crippen molar-refractivity contribution in [3.63, 3.8) is 0 Å². The van der Waals surface area contributed by atoms with Gasteiger partial charge in [-0.3, -0.25) is 4.79 Å². The Labute approximate surface area is 140 Å². The molecular formula is C17H18N4OS. The van der Waals surface area contributed by atoms with Crippen molar-refractivity contribution in [2.45, 2.75) is 4.90 Å². The third-order valence-corrected chi connectivity index (χ3v) is 4.40. The van der Waals surface area contributed by atoms with Crippen molar-refractivity contribution in [1.82, 2.24) is 14.9 Å². The van der Waals surface area contributed by atoms with E-state index in [0.29, 0.717) is 13.1 Å². The largest absolute Gasteiger partial charge is 0.337 e. The molecular weight excluding hydrogens is 308 g/mol. The maximum Gasteiger partial charge on any atom is 0.247 e. The highest BCUT2D eigenvalue weighted by atomic mass is 32.2. The molecule has 0 saturated carbocycles. The van der Waals surface area contributed by atoms with Crippen LogP contribution >= 0.6 is 11.8 Å². The average molecular weight is 326 g/mol. The third kappa shape index (κ3) is 4.32. The monoisotopic (exact) mass is 326 g/mol. The first-order chi connectivity index (χ1) is 11.3. The van der Waals surface area contributed by atoms with E-state index >= 15 is 0 Å². The predicted molar refractivity (Wildman–Crippen MR) is 92.3 cm³/mol. The fourth-order valence-corrected chi connectivity index (χ4v) is 3.01. The minimum absolute atomic E-state index is 0.0575. The van der Waals surface area contributed by atoms with Gasteiger partial charge in [0, 0.05) is 49.5 Å². The van der Waals surface area contributed by atoms with E-state index < -0.39 is 0 Å². The van der Waals surface area contributed by atoms with Crippen molar-refractivity contribution in [1.29, 1.82) is 0 Å². The third-order valence-electron chi connectivity index (χ3n) is 3.58. The van der Waals surface area contributed by atoms with Gasteiger partial charge < -0.3 is 9.80 Å². The van der Waals surface area contributed by atoms with Crippen LogP contribution in [-0.2, 0) is 4.79 Å². The minimum atomic E-state index is 0.0575. The smallest absolute Gasteiger partial charge is 0.247 e. The van der Waals surface area contributed by atoms with Crippen LogP contribution in [0.1, 0.15) is 0 Å². The lowest BCUT2D eigenvalue weighted by Crippen LogP contribution is -2.48. The van der Waals surface area contributed by atoms with Crippen LogP contribution in [0, 0.1) is 0 Å². The summed E-state index contributed by atoms with van der Waals surface area (Å²) in [6.07, 6.45) is 5.12. The van der Waals surface area contributed by atoms with Crippen molar-refractivity contribution in [2.75, 3.05) is 31.1 Å². The number of rotatable bonds is 4. The van der Waals surface area contributed by atoms with Crippen LogP contribution in [0.5, 0.6) is 0 Å². The van der Waals surface area contributed by atoms with Gasteiger partial charge in [0.2, 0.25) is 11.9 Å². The summed E-state index contributed by atoms with van der Waals surface area (Å²) in [4.78, 5) is 25.8. The molecule has 0 atom stereocenters. The quantitative estimate of drug-likeness (QED) is 0.638. The van der Waals surface area contributed by atoms with Gasteiger partial charge in [-0.25, -0.2) is 9.97 Å². The van der Waals surface area contributed by atoms with Gasteiger partial charge in [-0.2, -0.15) is 0 Å². The van der Waals surface area contributed by atoms with E-state index in [4.69, 9.17) is 0 Å². The summed E-state index contributed by atoms with van der Waals surface area (Å²) in [7, 11) is 0. The molecule has 2 aromatic rings. The maximum absolute atomic E-state index is 12.2. The number of carbonyl (C=O) groups is 1. The van der Waals surface area contributed by atoms with Gasteiger partial charge in [-0.15, -0.1) is 0 Å². The number of anilines is 1. The molecule has 2 heterocycles. The zero-order valence-electron chi connectivity index (χ0n) is 12.7. The molecule has 0 radical (unpaired) electrons. The zero-order valence-corrected chi connectivity index (χ0v) is 13.5. The molecule has 0 spiro atoms. The molecule has 1 amide bonds. The fourth-order valence-electron chi connectivity index (χ4n) is 2.36. The highest BCUT2D eigenvalue weighted by molar-refractivity contribution is 8.02. The number of hydrogen-bond donors (Lipinski definition) is 0. The van der Waals surface area contributed by atoms with Crippen molar-refractivity contribution < 1.29 is 4.79 Å². The van der Waals surface area contributed by atoms with E-state index in [0.717, 1.165) is 23.9 Å². The van der Waals surface area contributed by atoms with Crippen LogP contribution in [0.25, 0.3) is 0 Å². The summed E-state index contributed by atoms with van der Waals surface area (Å²) in [6.45, 7) is 2.90. The summed E-state index contributed by atoms with van der Waals surface area (Å²) in [5.41, 5.74) is 0. The molecule has 1 aromatic carbocycles. The first-order valence-corrected chi connectivity index (χ1v) is 8.40. The lowest BCUT2D eigenvalue weighted by Gasteiger charge is -2.34. The van der Waals surface area contributed by atoms with Crippen LogP contribution in [0.15, 0.2) is 65.2 Å². The first kappa shape index (κ1) is 15.6. The number of aromatic nitrogens is 2. The molecule has 0 N–H and O–H groups in total. The van der Waals surface area contributed by atoms with E-state index in [1.54, 1.807) is 36.3 Å². The molecule has 0 bridgehead atoms. The number of piperazine rings is 1. The SMILES string of the molecule is O=C(C=CSc1ccccc1)N1CCN(c2ncccn2)CC1. The molecule has 1 saturated heterocycles. The van der Waals surface area contributed by atoms with Crippen LogP contribution < -0.4 is 4.90 Å². The van der Waals surface area contributed by atoms with Gasteiger partial charge in [-0.1, -0.05) is 30.0 Å². The van der Waals surface area contributed by atoms with Gasteiger partial charge in [0.15, 0.2) is 0 Å². The van der Waals surface area contributed by atoms with Crippen molar-refractivity contribution >= 4 is 23.6 Å².